The molecule has 162 valence electrons. The predicted molar refractivity (Wildman–Crippen MR) is 120 cm³/mol. The smallest absolute Gasteiger partial charge is 0.262 e. The summed E-state index contributed by atoms with van der Waals surface area (Å²) in [7, 11) is 1.57. The van der Waals surface area contributed by atoms with E-state index in [0.29, 0.717) is 18.0 Å². The van der Waals surface area contributed by atoms with Gasteiger partial charge in [-0.25, -0.2) is 4.39 Å². The average Bonchev–Trinajstić information content (AvgIpc) is 2.78. The lowest BCUT2D eigenvalue weighted by molar-refractivity contribution is -0.118. The number of carbonyl (C=O) groups is 1. The van der Waals surface area contributed by atoms with Crippen LogP contribution < -0.4 is 20.1 Å². The Labute approximate surface area is 182 Å². The fourth-order valence-corrected chi connectivity index (χ4v) is 3.03. The SMILES string of the molecule is COc1cc(CNCCc2ccc(F)cc2)ccc1OCC(=O)Nc1ccc(C)cc1. The Morgan fingerprint density at radius 2 is 1.65 bits per heavy atom. The molecule has 0 unspecified atom stereocenters. The highest BCUT2D eigenvalue weighted by molar-refractivity contribution is 5.91. The number of benzene rings is 3. The highest BCUT2D eigenvalue weighted by atomic mass is 19.1. The minimum Gasteiger partial charge on any atom is -0.493 e. The Kier molecular flexibility index (Phi) is 8.01. The molecular formula is C25H27FN2O3. The number of aryl methyl sites for hydroxylation is 1. The van der Waals surface area contributed by atoms with Crippen LogP contribution in [0.25, 0.3) is 0 Å². The maximum Gasteiger partial charge on any atom is 0.262 e. The van der Waals surface area contributed by atoms with E-state index in [0.717, 1.165) is 35.3 Å². The number of ether oxygens (including phenoxy) is 2. The highest BCUT2D eigenvalue weighted by Gasteiger charge is 2.09. The molecule has 0 saturated carbocycles. The van der Waals surface area contributed by atoms with Crippen molar-refractivity contribution in [1.82, 2.24) is 5.32 Å². The van der Waals surface area contributed by atoms with Gasteiger partial charge in [-0.05, 0) is 67.4 Å². The molecule has 0 aliphatic carbocycles. The molecule has 31 heavy (non-hydrogen) atoms. The number of anilines is 1. The molecule has 6 heteroatoms. The lowest BCUT2D eigenvalue weighted by Crippen LogP contribution is -2.20. The lowest BCUT2D eigenvalue weighted by Gasteiger charge is -2.13. The summed E-state index contributed by atoms with van der Waals surface area (Å²) in [5.41, 5.74) is 3.98. The number of rotatable bonds is 10. The van der Waals surface area contributed by atoms with E-state index in [1.165, 1.54) is 12.1 Å². The van der Waals surface area contributed by atoms with Crippen molar-refractivity contribution in [2.45, 2.75) is 19.9 Å². The Morgan fingerprint density at radius 1 is 0.935 bits per heavy atom. The number of halogens is 1. The van der Waals surface area contributed by atoms with Crippen molar-refractivity contribution < 1.29 is 18.7 Å². The van der Waals surface area contributed by atoms with Gasteiger partial charge in [0.1, 0.15) is 5.82 Å². The summed E-state index contributed by atoms with van der Waals surface area (Å²) in [5, 5.41) is 6.17. The first-order valence-electron chi connectivity index (χ1n) is 10.1. The number of hydrogen-bond acceptors (Lipinski definition) is 4. The molecule has 0 atom stereocenters. The topological polar surface area (TPSA) is 59.6 Å². The summed E-state index contributed by atoms with van der Waals surface area (Å²) >= 11 is 0. The van der Waals surface area contributed by atoms with Crippen molar-refractivity contribution in [2.75, 3.05) is 25.6 Å². The van der Waals surface area contributed by atoms with Crippen molar-refractivity contribution in [3.05, 3.63) is 89.2 Å². The van der Waals surface area contributed by atoms with Crippen molar-refractivity contribution in [1.29, 1.82) is 0 Å². The molecule has 3 aromatic rings. The van der Waals surface area contributed by atoms with Gasteiger partial charge < -0.3 is 20.1 Å². The van der Waals surface area contributed by atoms with Crippen LogP contribution in [-0.2, 0) is 17.8 Å². The van der Waals surface area contributed by atoms with Gasteiger partial charge in [0.2, 0.25) is 0 Å². The van der Waals surface area contributed by atoms with Crippen molar-refractivity contribution in [2.24, 2.45) is 0 Å². The van der Waals surface area contributed by atoms with Crippen LogP contribution in [0.5, 0.6) is 11.5 Å². The Hall–Kier alpha value is -3.38. The molecule has 3 aromatic carbocycles. The van der Waals surface area contributed by atoms with E-state index >= 15 is 0 Å². The third-order valence-electron chi connectivity index (χ3n) is 4.75. The van der Waals surface area contributed by atoms with Gasteiger partial charge in [-0.3, -0.25) is 4.79 Å². The quantitative estimate of drug-likeness (QED) is 0.473. The van der Waals surface area contributed by atoms with Gasteiger partial charge >= 0.3 is 0 Å². The molecule has 0 aromatic heterocycles. The molecule has 2 N–H and O–H groups in total. The van der Waals surface area contributed by atoms with E-state index in [9.17, 15) is 9.18 Å². The second-order valence-corrected chi connectivity index (χ2v) is 7.24. The Bertz CT molecular complexity index is 989. The van der Waals surface area contributed by atoms with Crippen LogP contribution in [0.4, 0.5) is 10.1 Å². The van der Waals surface area contributed by atoms with Gasteiger partial charge in [-0.2, -0.15) is 0 Å². The van der Waals surface area contributed by atoms with Gasteiger partial charge in [0, 0.05) is 12.2 Å². The van der Waals surface area contributed by atoms with Gasteiger partial charge in [0.25, 0.3) is 5.91 Å². The lowest BCUT2D eigenvalue weighted by atomic mass is 10.1. The van der Waals surface area contributed by atoms with E-state index in [-0.39, 0.29) is 18.3 Å². The van der Waals surface area contributed by atoms with Crippen LogP contribution in [-0.4, -0.2) is 26.2 Å². The molecule has 0 spiro atoms. The normalized spacial score (nSPS) is 10.5. The van der Waals surface area contributed by atoms with Crippen LogP contribution in [0.2, 0.25) is 0 Å². The monoisotopic (exact) mass is 422 g/mol. The fourth-order valence-electron chi connectivity index (χ4n) is 3.03. The molecule has 5 nitrogen and oxygen atoms in total. The molecule has 0 saturated heterocycles. The van der Waals surface area contributed by atoms with E-state index in [4.69, 9.17) is 9.47 Å². The third-order valence-corrected chi connectivity index (χ3v) is 4.75. The second-order valence-electron chi connectivity index (χ2n) is 7.24. The number of methoxy groups -OCH3 is 1. The van der Waals surface area contributed by atoms with Gasteiger partial charge in [-0.15, -0.1) is 0 Å². The molecular weight excluding hydrogens is 395 g/mol. The molecule has 1 amide bonds. The van der Waals surface area contributed by atoms with Crippen LogP contribution in [0, 0.1) is 12.7 Å². The summed E-state index contributed by atoms with van der Waals surface area (Å²) in [6.45, 7) is 3.31. The van der Waals surface area contributed by atoms with Crippen molar-refractivity contribution in [3.8, 4) is 11.5 Å². The second kappa shape index (κ2) is 11.1. The highest BCUT2D eigenvalue weighted by Crippen LogP contribution is 2.28. The standard InChI is InChI=1S/C25H27FN2O3/c1-18-3-10-22(11-4-18)28-25(29)17-31-23-12-7-20(15-24(23)30-2)16-27-14-13-19-5-8-21(26)9-6-19/h3-12,15,27H,13-14,16-17H2,1-2H3,(H,28,29). The number of hydrogen-bond donors (Lipinski definition) is 2. The van der Waals surface area contributed by atoms with Crippen LogP contribution >= 0.6 is 0 Å². The molecule has 0 fully saturated rings. The number of carbonyl (C=O) groups excluding carboxylic acids is 1. The minimum atomic E-state index is -0.238. The molecule has 0 aliphatic heterocycles. The Balaban J connectivity index is 1.46. The van der Waals surface area contributed by atoms with Crippen molar-refractivity contribution >= 4 is 11.6 Å². The maximum absolute atomic E-state index is 13.0. The summed E-state index contributed by atoms with van der Waals surface area (Å²) in [4.78, 5) is 12.1. The van der Waals surface area contributed by atoms with Crippen LogP contribution in [0.3, 0.4) is 0 Å². The zero-order chi connectivity index (χ0) is 22.1. The third kappa shape index (κ3) is 7.12. The summed E-state index contributed by atoms with van der Waals surface area (Å²) < 4.78 is 24.0. The summed E-state index contributed by atoms with van der Waals surface area (Å²) in [5.74, 6) is 0.619. The van der Waals surface area contributed by atoms with Crippen molar-refractivity contribution in [3.63, 3.8) is 0 Å². The minimum absolute atomic E-state index is 0.112. The Morgan fingerprint density at radius 3 is 2.35 bits per heavy atom. The van der Waals surface area contributed by atoms with E-state index < -0.39 is 0 Å². The molecule has 0 heterocycles. The van der Waals surface area contributed by atoms with Crippen LogP contribution in [0.15, 0.2) is 66.7 Å². The predicted octanol–water partition coefficient (Wildman–Crippen LogP) is 4.49. The molecule has 3 rings (SSSR count). The summed E-state index contributed by atoms with van der Waals surface area (Å²) in [6, 6.07) is 19.7. The zero-order valence-corrected chi connectivity index (χ0v) is 17.8. The first-order chi connectivity index (χ1) is 15.0. The first-order valence-corrected chi connectivity index (χ1v) is 10.1. The number of nitrogens with one attached hydrogen (secondary N) is 2. The van der Waals surface area contributed by atoms with Crippen LogP contribution in [0.1, 0.15) is 16.7 Å². The average molecular weight is 423 g/mol. The van der Waals surface area contributed by atoms with Gasteiger partial charge in [0.15, 0.2) is 18.1 Å². The molecule has 0 bridgehead atoms. The van der Waals surface area contributed by atoms with E-state index in [1.54, 1.807) is 25.3 Å². The molecule has 0 aliphatic rings. The molecule has 0 radical (unpaired) electrons. The largest absolute Gasteiger partial charge is 0.493 e. The first kappa shape index (κ1) is 22.3. The number of amides is 1. The zero-order valence-electron chi connectivity index (χ0n) is 17.8. The maximum atomic E-state index is 13.0. The van der Waals surface area contributed by atoms with Gasteiger partial charge in [-0.1, -0.05) is 35.9 Å². The fraction of sp³-hybridized carbons (Fsp3) is 0.240. The van der Waals surface area contributed by atoms with E-state index in [2.05, 4.69) is 10.6 Å². The summed E-state index contributed by atoms with van der Waals surface area (Å²) in [6.07, 6.45) is 0.814. The van der Waals surface area contributed by atoms with Gasteiger partial charge in [0.05, 0.1) is 7.11 Å². The van der Waals surface area contributed by atoms with E-state index in [1.807, 2.05) is 43.3 Å².